The average Bonchev–Trinajstić information content (AvgIpc) is 2.92. The summed E-state index contributed by atoms with van der Waals surface area (Å²) >= 11 is 3.29. The molecule has 0 fully saturated rings. The monoisotopic (exact) mass is 361 g/mol. The lowest BCUT2D eigenvalue weighted by atomic mass is 10.1. The van der Waals surface area contributed by atoms with Gasteiger partial charge in [0.05, 0.1) is 0 Å². The Bertz CT molecular complexity index is 746. The molecule has 0 saturated heterocycles. The van der Waals surface area contributed by atoms with Gasteiger partial charge in [-0.25, -0.2) is 14.8 Å². The van der Waals surface area contributed by atoms with Crippen molar-refractivity contribution in [3.63, 3.8) is 0 Å². The van der Waals surface area contributed by atoms with Crippen molar-refractivity contribution >= 4 is 33.6 Å². The van der Waals surface area contributed by atoms with Crippen LogP contribution >= 0.6 is 15.9 Å². The van der Waals surface area contributed by atoms with Crippen LogP contribution in [0.25, 0.3) is 0 Å². The van der Waals surface area contributed by atoms with Gasteiger partial charge in [0, 0.05) is 22.8 Å². The fourth-order valence-corrected chi connectivity index (χ4v) is 2.72. The minimum atomic E-state index is -1.06. The Morgan fingerprint density at radius 1 is 1.18 bits per heavy atom. The molecule has 0 spiro atoms. The summed E-state index contributed by atoms with van der Waals surface area (Å²) in [6.07, 6.45) is 4.23. The third-order valence-electron chi connectivity index (χ3n) is 3.58. The van der Waals surface area contributed by atoms with Crippen LogP contribution in [0.1, 0.15) is 21.6 Å². The molecule has 0 bridgehead atoms. The smallest absolute Gasteiger partial charge is 0.354 e. The maximum absolute atomic E-state index is 12.3. The number of aromatic carboxylic acids is 1. The van der Waals surface area contributed by atoms with Gasteiger partial charge in [0.15, 0.2) is 0 Å². The predicted octanol–water partition coefficient (Wildman–Crippen LogP) is 2.29. The molecule has 0 aliphatic heterocycles. The van der Waals surface area contributed by atoms with Crippen molar-refractivity contribution in [1.29, 1.82) is 0 Å². The van der Waals surface area contributed by atoms with Gasteiger partial charge >= 0.3 is 5.97 Å². The van der Waals surface area contributed by atoms with Gasteiger partial charge in [0.1, 0.15) is 11.5 Å². The highest BCUT2D eigenvalue weighted by molar-refractivity contribution is 9.10. The number of halogens is 1. The third-order valence-corrected chi connectivity index (χ3v) is 4.05. The standard InChI is InChI=1S/C15H12BrN3O3/c16-11-1-2-13(18-7-11)19-14(20)9-3-8-5-12(15(21)22)17-6-10(8)4-9/h1-2,5-7,9H,3-4H2,(H,21,22)(H,18,19,20). The van der Waals surface area contributed by atoms with Crippen LogP contribution in [0.5, 0.6) is 0 Å². The molecule has 22 heavy (non-hydrogen) atoms. The molecule has 0 aromatic carbocycles. The van der Waals surface area contributed by atoms with Gasteiger partial charge in [-0.05, 0) is 58.1 Å². The first-order valence-corrected chi connectivity index (χ1v) is 7.46. The van der Waals surface area contributed by atoms with E-state index in [1.165, 1.54) is 0 Å². The molecule has 1 unspecified atom stereocenters. The number of rotatable bonds is 3. The Balaban J connectivity index is 1.71. The minimum absolute atomic E-state index is 0.00869. The second-order valence-electron chi connectivity index (χ2n) is 5.10. The zero-order chi connectivity index (χ0) is 15.7. The van der Waals surface area contributed by atoms with Gasteiger partial charge in [-0.1, -0.05) is 0 Å². The van der Waals surface area contributed by atoms with E-state index >= 15 is 0 Å². The molecule has 2 aromatic heterocycles. The highest BCUT2D eigenvalue weighted by Crippen LogP contribution is 2.27. The van der Waals surface area contributed by atoms with E-state index in [4.69, 9.17) is 5.11 Å². The molecule has 7 heteroatoms. The van der Waals surface area contributed by atoms with Crippen molar-refractivity contribution in [3.8, 4) is 0 Å². The van der Waals surface area contributed by atoms with E-state index in [1.807, 2.05) is 0 Å². The zero-order valence-corrected chi connectivity index (χ0v) is 13.0. The molecule has 1 atom stereocenters. The lowest BCUT2D eigenvalue weighted by Crippen LogP contribution is -2.23. The summed E-state index contributed by atoms with van der Waals surface area (Å²) in [5.74, 6) is -0.919. The number of aromatic nitrogens is 2. The van der Waals surface area contributed by atoms with E-state index in [0.29, 0.717) is 18.7 Å². The summed E-state index contributed by atoms with van der Waals surface area (Å²) < 4.78 is 0.839. The maximum Gasteiger partial charge on any atom is 0.354 e. The Labute approximate surface area is 134 Å². The number of fused-ring (bicyclic) bond motifs is 1. The highest BCUT2D eigenvalue weighted by Gasteiger charge is 2.28. The molecular weight excluding hydrogens is 350 g/mol. The van der Waals surface area contributed by atoms with E-state index in [-0.39, 0.29) is 17.5 Å². The summed E-state index contributed by atoms with van der Waals surface area (Å²) in [6.45, 7) is 0. The van der Waals surface area contributed by atoms with Crippen molar-refractivity contribution in [2.75, 3.05) is 5.32 Å². The van der Waals surface area contributed by atoms with E-state index in [9.17, 15) is 9.59 Å². The van der Waals surface area contributed by atoms with Crippen LogP contribution in [0.3, 0.4) is 0 Å². The van der Waals surface area contributed by atoms with Crippen LogP contribution in [-0.2, 0) is 17.6 Å². The van der Waals surface area contributed by atoms with Crippen LogP contribution < -0.4 is 5.32 Å². The Morgan fingerprint density at radius 3 is 2.64 bits per heavy atom. The number of amides is 1. The van der Waals surface area contributed by atoms with Gasteiger partial charge in [0.25, 0.3) is 0 Å². The Hall–Kier alpha value is -2.28. The fourth-order valence-electron chi connectivity index (χ4n) is 2.48. The number of pyridine rings is 2. The molecular formula is C15H12BrN3O3. The predicted molar refractivity (Wildman–Crippen MR) is 82.7 cm³/mol. The van der Waals surface area contributed by atoms with Crippen LogP contribution in [0.15, 0.2) is 35.1 Å². The number of carboxylic acids is 1. The number of hydrogen-bond donors (Lipinski definition) is 2. The number of carbonyl (C=O) groups is 2. The van der Waals surface area contributed by atoms with E-state index in [0.717, 1.165) is 15.6 Å². The number of hydrogen-bond acceptors (Lipinski definition) is 4. The second kappa shape index (κ2) is 5.84. The molecule has 2 aromatic rings. The molecule has 0 radical (unpaired) electrons. The van der Waals surface area contributed by atoms with Gasteiger partial charge in [-0.3, -0.25) is 4.79 Å². The van der Waals surface area contributed by atoms with Crippen LogP contribution in [-0.4, -0.2) is 27.0 Å². The molecule has 6 nitrogen and oxygen atoms in total. The first kappa shape index (κ1) is 14.6. The number of nitrogens with one attached hydrogen (secondary N) is 1. The molecule has 2 heterocycles. The quantitative estimate of drug-likeness (QED) is 0.874. The van der Waals surface area contributed by atoms with Crippen LogP contribution in [0.2, 0.25) is 0 Å². The van der Waals surface area contributed by atoms with E-state index in [1.54, 1.807) is 30.6 Å². The normalized spacial score (nSPS) is 16.1. The van der Waals surface area contributed by atoms with Gasteiger partial charge in [-0.2, -0.15) is 0 Å². The van der Waals surface area contributed by atoms with Crippen molar-refractivity contribution in [1.82, 2.24) is 9.97 Å². The average molecular weight is 362 g/mol. The lowest BCUT2D eigenvalue weighted by molar-refractivity contribution is -0.119. The van der Waals surface area contributed by atoms with Gasteiger partial charge < -0.3 is 10.4 Å². The highest BCUT2D eigenvalue weighted by atomic mass is 79.9. The number of nitrogens with zero attached hydrogens (tertiary/aromatic N) is 2. The Kier molecular flexibility index (Phi) is 3.89. The van der Waals surface area contributed by atoms with Crippen molar-refractivity contribution in [2.24, 2.45) is 5.92 Å². The van der Waals surface area contributed by atoms with E-state index < -0.39 is 5.97 Å². The minimum Gasteiger partial charge on any atom is -0.477 e. The topological polar surface area (TPSA) is 92.2 Å². The van der Waals surface area contributed by atoms with Crippen LogP contribution in [0, 0.1) is 5.92 Å². The van der Waals surface area contributed by atoms with E-state index in [2.05, 4.69) is 31.2 Å². The molecule has 1 amide bonds. The number of carbonyl (C=O) groups excluding carboxylic acids is 1. The molecule has 112 valence electrons. The first-order valence-electron chi connectivity index (χ1n) is 6.66. The lowest BCUT2D eigenvalue weighted by Gasteiger charge is -2.09. The Morgan fingerprint density at radius 2 is 1.95 bits per heavy atom. The second-order valence-corrected chi connectivity index (χ2v) is 6.02. The maximum atomic E-state index is 12.3. The fraction of sp³-hybridized carbons (Fsp3) is 0.200. The number of carboxylic acid groups (broad SMARTS) is 1. The van der Waals surface area contributed by atoms with Gasteiger partial charge in [-0.15, -0.1) is 0 Å². The summed E-state index contributed by atoms with van der Waals surface area (Å²) in [5, 5.41) is 11.7. The molecule has 1 aliphatic rings. The molecule has 3 rings (SSSR count). The summed E-state index contributed by atoms with van der Waals surface area (Å²) in [4.78, 5) is 31.2. The molecule has 1 aliphatic carbocycles. The number of anilines is 1. The van der Waals surface area contributed by atoms with Gasteiger partial charge in [0.2, 0.25) is 5.91 Å². The molecule has 2 N–H and O–H groups in total. The van der Waals surface area contributed by atoms with Crippen molar-refractivity contribution in [2.45, 2.75) is 12.8 Å². The zero-order valence-electron chi connectivity index (χ0n) is 11.4. The first-order chi connectivity index (χ1) is 10.5. The van der Waals surface area contributed by atoms with Crippen molar-refractivity contribution < 1.29 is 14.7 Å². The summed E-state index contributed by atoms with van der Waals surface area (Å²) in [5.41, 5.74) is 1.81. The van der Waals surface area contributed by atoms with Crippen molar-refractivity contribution in [3.05, 3.63) is 51.9 Å². The summed E-state index contributed by atoms with van der Waals surface area (Å²) in [7, 11) is 0. The molecule has 0 saturated carbocycles. The SMILES string of the molecule is O=C(O)c1cc2c(cn1)CC(C(=O)Nc1ccc(Br)cn1)C2. The third kappa shape index (κ3) is 2.99. The largest absolute Gasteiger partial charge is 0.477 e. The summed E-state index contributed by atoms with van der Waals surface area (Å²) in [6, 6.07) is 5.06. The van der Waals surface area contributed by atoms with Crippen LogP contribution in [0.4, 0.5) is 5.82 Å².